The highest BCUT2D eigenvalue weighted by Crippen LogP contribution is 2.16. The van der Waals surface area contributed by atoms with Crippen molar-refractivity contribution in [1.29, 1.82) is 0 Å². The van der Waals surface area contributed by atoms with Crippen LogP contribution in [0, 0.1) is 13.8 Å². The molecule has 0 aliphatic heterocycles. The molecule has 0 aliphatic carbocycles. The van der Waals surface area contributed by atoms with Gasteiger partial charge in [0.15, 0.2) is 0 Å². The molecule has 0 atom stereocenters. The second-order valence-corrected chi connectivity index (χ2v) is 5.66. The van der Waals surface area contributed by atoms with E-state index >= 15 is 0 Å². The molecule has 0 saturated carbocycles. The highest BCUT2D eigenvalue weighted by atomic mass is 32.2. The van der Waals surface area contributed by atoms with Crippen molar-refractivity contribution < 1.29 is 4.79 Å². The van der Waals surface area contributed by atoms with Gasteiger partial charge >= 0.3 is 0 Å². The first kappa shape index (κ1) is 14.8. The first-order valence-corrected chi connectivity index (χ1v) is 7.69. The van der Waals surface area contributed by atoms with Crippen LogP contribution in [0.4, 0.5) is 0 Å². The van der Waals surface area contributed by atoms with Gasteiger partial charge < -0.3 is 5.32 Å². The van der Waals surface area contributed by atoms with Gasteiger partial charge in [0, 0.05) is 30.1 Å². The van der Waals surface area contributed by atoms with Crippen LogP contribution >= 0.6 is 11.8 Å². The van der Waals surface area contributed by atoms with E-state index in [0.717, 1.165) is 24.4 Å². The summed E-state index contributed by atoms with van der Waals surface area (Å²) in [6.07, 6.45) is 1.43. The lowest BCUT2D eigenvalue weighted by Gasteiger charge is -2.01. The van der Waals surface area contributed by atoms with Crippen molar-refractivity contribution in [2.24, 2.45) is 0 Å². The molecule has 1 amide bonds. The summed E-state index contributed by atoms with van der Waals surface area (Å²) >= 11 is 1.48. The van der Waals surface area contributed by atoms with E-state index in [1.54, 1.807) is 4.52 Å². The number of nitrogens with zero attached hydrogens (tertiary/aromatic N) is 4. The first-order chi connectivity index (χ1) is 9.60. The number of thioether (sulfide) groups is 1. The van der Waals surface area contributed by atoms with E-state index < -0.39 is 0 Å². The Morgan fingerprint density at radius 1 is 1.40 bits per heavy atom. The van der Waals surface area contributed by atoms with Gasteiger partial charge in [-0.15, -0.1) is 5.10 Å². The zero-order valence-corrected chi connectivity index (χ0v) is 12.8. The van der Waals surface area contributed by atoms with E-state index in [1.165, 1.54) is 11.8 Å². The lowest BCUT2D eigenvalue weighted by Crippen LogP contribution is -2.24. The van der Waals surface area contributed by atoms with Crippen LogP contribution in [-0.4, -0.2) is 37.8 Å². The minimum atomic E-state index is 0.0771. The Morgan fingerprint density at radius 3 is 2.95 bits per heavy atom. The highest BCUT2D eigenvalue weighted by molar-refractivity contribution is 7.99. The third-order valence-corrected chi connectivity index (χ3v) is 3.57. The zero-order chi connectivity index (χ0) is 14.5. The van der Waals surface area contributed by atoms with Crippen LogP contribution in [0.5, 0.6) is 0 Å². The fraction of sp³-hybridized carbons (Fsp3) is 0.538. The monoisotopic (exact) mass is 293 g/mol. The number of hydrogen-bond acceptors (Lipinski definition) is 5. The predicted molar refractivity (Wildman–Crippen MR) is 78.9 cm³/mol. The Kier molecular flexibility index (Phi) is 4.94. The summed E-state index contributed by atoms with van der Waals surface area (Å²) in [5.74, 6) is 1.36. The summed E-state index contributed by atoms with van der Waals surface area (Å²) < 4.78 is 1.73. The molecular formula is C13H19N5OS. The first-order valence-electron chi connectivity index (χ1n) is 6.70. The molecule has 20 heavy (non-hydrogen) atoms. The topological polar surface area (TPSA) is 72.2 Å². The van der Waals surface area contributed by atoms with E-state index in [1.807, 2.05) is 26.8 Å². The third-order valence-electron chi connectivity index (χ3n) is 2.73. The Balaban J connectivity index is 1.94. The van der Waals surface area contributed by atoms with E-state index in [2.05, 4.69) is 20.4 Å². The van der Waals surface area contributed by atoms with Gasteiger partial charge in [0.2, 0.25) is 11.1 Å². The van der Waals surface area contributed by atoms with Crippen molar-refractivity contribution in [2.45, 2.75) is 38.8 Å². The summed E-state index contributed by atoms with van der Waals surface area (Å²) in [4.78, 5) is 20.2. The van der Waals surface area contributed by atoms with Gasteiger partial charge in [0.1, 0.15) is 0 Å². The van der Waals surface area contributed by atoms with Gasteiger partial charge in [-0.05, 0) is 26.3 Å². The molecule has 0 radical (unpaired) electrons. The largest absolute Gasteiger partial charge is 0.356 e. The molecule has 0 saturated heterocycles. The summed E-state index contributed by atoms with van der Waals surface area (Å²) in [6.45, 7) is 6.68. The van der Waals surface area contributed by atoms with Gasteiger partial charge in [0.25, 0.3) is 5.78 Å². The van der Waals surface area contributed by atoms with Gasteiger partial charge in [-0.3, -0.25) is 4.79 Å². The van der Waals surface area contributed by atoms with Gasteiger partial charge in [-0.1, -0.05) is 18.7 Å². The molecule has 108 valence electrons. The van der Waals surface area contributed by atoms with Crippen molar-refractivity contribution in [2.75, 3.05) is 12.3 Å². The molecule has 0 unspecified atom stereocenters. The molecule has 0 aliphatic rings. The Bertz CT molecular complexity index is 610. The molecule has 2 rings (SSSR count). The lowest BCUT2D eigenvalue weighted by atomic mass is 10.4. The molecule has 6 nitrogen and oxygen atoms in total. The number of rotatable bonds is 6. The summed E-state index contributed by atoms with van der Waals surface area (Å²) in [5, 5.41) is 7.90. The highest BCUT2D eigenvalue weighted by Gasteiger charge is 2.09. The van der Waals surface area contributed by atoms with Crippen LogP contribution in [0.2, 0.25) is 0 Å². The standard InChI is InChI=1S/C13H19N5OS/c1-4-6-14-11(19)5-7-20-13-16-12-15-9(2)8-10(3)18(12)17-13/h8H,4-7H2,1-3H3,(H,14,19). The van der Waals surface area contributed by atoms with Crippen LogP contribution in [-0.2, 0) is 4.79 Å². The molecule has 0 fully saturated rings. The van der Waals surface area contributed by atoms with Crippen LogP contribution in [0.25, 0.3) is 5.78 Å². The third kappa shape index (κ3) is 3.69. The van der Waals surface area contributed by atoms with E-state index in [4.69, 9.17) is 0 Å². The van der Waals surface area contributed by atoms with Crippen molar-refractivity contribution in [3.63, 3.8) is 0 Å². The van der Waals surface area contributed by atoms with Crippen LogP contribution in [0.3, 0.4) is 0 Å². The van der Waals surface area contributed by atoms with Gasteiger partial charge in [0.05, 0.1) is 0 Å². The maximum absolute atomic E-state index is 11.5. The Labute approximate surface area is 122 Å². The average molecular weight is 293 g/mol. The van der Waals surface area contributed by atoms with Crippen LogP contribution < -0.4 is 5.32 Å². The summed E-state index contributed by atoms with van der Waals surface area (Å²) in [6, 6.07) is 1.97. The molecule has 0 aromatic carbocycles. The molecular weight excluding hydrogens is 274 g/mol. The normalized spacial score (nSPS) is 10.9. The van der Waals surface area contributed by atoms with Crippen molar-refractivity contribution in [1.82, 2.24) is 24.9 Å². The number of aryl methyl sites for hydroxylation is 2. The number of amides is 1. The van der Waals surface area contributed by atoms with Crippen molar-refractivity contribution in [3.05, 3.63) is 17.5 Å². The second kappa shape index (κ2) is 6.69. The quantitative estimate of drug-likeness (QED) is 0.822. The smallest absolute Gasteiger partial charge is 0.253 e. The fourth-order valence-electron chi connectivity index (χ4n) is 1.80. The maximum atomic E-state index is 11.5. The number of carbonyl (C=O) groups excluding carboxylic acids is 1. The second-order valence-electron chi connectivity index (χ2n) is 4.59. The van der Waals surface area contributed by atoms with Crippen LogP contribution in [0.1, 0.15) is 31.2 Å². The van der Waals surface area contributed by atoms with Crippen molar-refractivity contribution >= 4 is 23.4 Å². The number of fused-ring (bicyclic) bond motifs is 1. The number of hydrogen-bond donors (Lipinski definition) is 1. The lowest BCUT2D eigenvalue weighted by molar-refractivity contribution is -0.120. The molecule has 7 heteroatoms. The summed E-state index contributed by atoms with van der Waals surface area (Å²) in [7, 11) is 0. The fourth-order valence-corrected chi connectivity index (χ4v) is 2.55. The Hall–Kier alpha value is -1.63. The molecule has 0 spiro atoms. The van der Waals surface area contributed by atoms with Crippen LogP contribution in [0.15, 0.2) is 11.2 Å². The Morgan fingerprint density at radius 2 is 2.20 bits per heavy atom. The van der Waals surface area contributed by atoms with E-state index in [-0.39, 0.29) is 5.91 Å². The SMILES string of the molecule is CCCNC(=O)CCSc1nc2nc(C)cc(C)n2n1. The number of aromatic nitrogens is 4. The van der Waals surface area contributed by atoms with Crippen molar-refractivity contribution in [3.8, 4) is 0 Å². The number of carbonyl (C=O) groups is 1. The maximum Gasteiger partial charge on any atom is 0.253 e. The number of nitrogens with one attached hydrogen (secondary N) is 1. The van der Waals surface area contributed by atoms with E-state index in [9.17, 15) is 4.79 Å². The molecule has 1 N–H and O–H groups in total. The summed E-state index contributed by atoms with van der Waals surface area (Å²) in [5.41, 5.74) is 1.94. The average Bonchev–Trinajstić information content (AvgIpc) is 2.79. The van der Waals surface area contributed by atoms with Gasteiger partial charge in [-0.2, -0.15) is 4.98 Å². The molecule has 2 aromatic heterocycles. The van der Waals surface area contributed by atoms with Gasteiger partial charge in [-0.25, -0.2) is 9.50 Å². The molecule has 2 heterocycles. The predicted octanol–water partition coefficient (Wildman–Crippen LogP) is 1.75. The zero-order valence-electron chi connectivity index (χ0n) is 12.0. The molecule has 0 bridgehead atoms. The molecule has 2 aromatic rings. The van der Waals surface area contributed by atoms with E-state index in [0.29, 0.717) is 23.1 Å². The minimum absolute atomic E-state index is 0.0771. The minimum Gasteiger partial charge on any atom is -0.356 e.